The summed E-state index contributed by atoms with van der Waals surface area (Å²) in [6, 6.07) is 30.5. The summed E-state index contributed by atoms with van der Waals surface area (Å²) in [7, 11) is 1.53. The number of hydrogen-bond donors (Lipinski definition) is 1. The molecule has 9 heteroatoms. The number of esters is 1. The third kappa shape index (κ3) is 7.95. The molecule has 0 bridgehead atoms. The van der Waals surface area contributed by atoms with E-state index in [1.165, 1.54) is 7.11 Å². The predicted octanol–water partition coefficient (Wildman–Crippen LogP) is 5.61. The van der Waals surface area contributed by atoms with Crippen molar-refractivity contribution < 1.29 is 43.1 Å². The minimum absolute atomic E-state index is 0.0305. The van der Waals surface area contributed by atoms with Gasteiger partial charge in [-0.05, 0) is 57.7 Å². The third-order valence-electron chi connectivity index (χ3n) is 8.55. The predicted molar refractivity (Wildman–Crippen MR) is 175 cm³/mol. The Morgan fingerprint density at radius 1 is 0.809 bits per heavy atom. The van der Waals surface area contributed by atoms with E-state index in [0.29, 0.717) is 6.42 Å². The zero-order valence-corrected chi connectivity index (χ0v) is 28.2. The summed E-state index contributed by atoms with van der Waals surface area (Å²) in [5.41, 5.74) is 1.38. The lowest BCUT2D eigenvalue weighted by Gasteiger charge is -2.36. The Morgan fingerprint density at radius 3 is 1.83 bits per heavy atom. The first-order valence-electron chi connectivity index (χ1n) is 16.2. The molecule has 0 saturated carbocycles. The maximum absolute atomic E-state index is 12.6. The van der Waals surface area contributed by atoms with Gasteiger partial charge in [-0.1, -0.05) is 91.0 Å². The monoisotopic (exact) mass is 648 g/mol. The Bertz CT molecular complexity index is 1310. The van der Waals surface area contributed by atoms with Crippen molar-refractivity contribution in [1.82, 2.24) is 0 Å². The van der Waals surface area contributed by atoms with Gasteiger partial charge in [0.25, 0.3) is 0 Å². The molecular weight excluding hydrogens is 600 g/mol. The van der Waals surface area contributed by atoms with Crippen LogP contribution in [-0.4, -0.2) is 80.6 Å². The van der Waals surface area contributed by atoms with Gasteiger partial charge >= 0.3 is 5.97 Å². The van der Waals surface area contributed by atoms with Gasteiger partial charge in [-0.15, -0.1) is 0 Å². The van der Waals surface area contributed by atoms with Gasteiger partial charge in [-0.3, -0.25) is 4.79 Å². The maximum atomic E-state index is 12.6. The van der Waals surface area contributed by atoms with E-state index in [-0.39, 0.29) is 26.0 Å². The second-order valence-electron chi connectivity index (χ2n) is 13.6. The molecule has 2 aliphatic heterocycles. The van der Waals surface area contributed by atoms with E-state index >= 15 is 0 Å². The fourth-order valence-corrected chi connectivity index (χ4v) is 6.36. The molecule has 6 atom stereocenters. The van der Waals surface area contributed by atoms with Gasteiger partial charge < -0.3 is 38.3 Å². The van der Waals surface area contributed by atoms with Crippen molar-refractivity contribution in [3.8, 4) is 0 Å². The highest BCUT2D eigenvalue weighted by Gasteiger charge is 2.55. The van der Waals surface area contributed by atoms with Crippen LogP contribution in [0.3, 0.4) is 0 Å². The lowest BCUT2D eigenvalue weighted by molar-refractivity contribution is -0.169. The second-order valence-corrected chi connectivity index (χ2v) is 13.6. The van der Waals surface area contributed by atoms with E-state index in [1.807, 2.05) is 54.6 Å². The first-order valence-corrected chi connectivity index (χ1v) is 16.2. The van der Waals surface area contributed by atoms with Crippen LogP contribution in [0, 0.1) is 5.41 Å². The molecule has 3 aromatic rings. The average molecular weight is 649 g/mol. The van der Waals surface area contributed by atoms with E-state index in [4.69, 9.17) is 33.2 Å². The normalized spacial score (nSPS) is 25.9. The topological polar surface area (TPSA) is 102 Å². The first kappa shape index (κ1) is 35.2. The molecule has 9 nitrogen and oxygen atoms in total. The second kappa shape index (κ2) is 15.0. The fraction of sp³-hybridized carbons (Fsp3) is 0.500. The number of carbonyl (C=O) groups is 1. The minimum Gasteiger partial charge on any atom is -0.462 e. The average Bonchev–Trinajstić information content (AvgIpc) is 3.55. The van der Waals surface area contributed by atoms with Crippen LogP contribution in [0.4, 0.5) is 0 Å². The molecule has 0 aromatic heterocycles. The molecule has 1 N–H and O–H groups in total. The molecule has 0 spiro atoms. The smallest absolute Gasteiger partial charge is 0.311 e. The number of hydrogen-bond acceptors (Lipinski definition) is 9. The summed E-state index contributed by atoms with van der Waals surface area (Å²) in [5, 5.41) is 11.6. The largest absolute Gasteiger partial charge is 0.462 e. The van der Waals surface area contributed by atoms with Crippen molar-refractivity contribution in [3.05, 3.63) is 108 Å². The summed E-state index contributed by atoms with van der Waals surface area (Å²) in [4.78, 5) is 12.6. The molecule has 254 valence electrons. The van der Waals surface area contributed by atoms with E-state index in [0.717, 1.165) is 16.7 Å². The van der Waals surface area contributed by atoms with E-state index in [1.54, 1.807) is 34.6 Å². The molecule has 0 aliphatic carbocycles. The Kier molecular flexibility index (Phi) is 11.2. The van der Waals surface area contributed by atoms with Crippen LogP contribution in [0.25, 0.3) is 0 Å². The Labute approximate surface area is 278 Å². The summed E-state index contributed by atoms with van der Waals surface area (Å²) >= 11 is 0. The van der Waals surface area contributed by atoms with Gasteiger partial charge in [0.15, 0.2) is 5.79 Å². The standard InChI is InChI=1S/C38H48O9/c1-36(2,3)35(40)42-24-30-33(47-37(4,5)46-30)34-31(39)32(43-25-41-6)29(45-34)22-23-44-38(26-16-10-7-11-17-26,27-18-12-8-13-19-27)28-20-14-9-15-21-28/h7-21,29-34,39H,22-25H2,1-6H3/t29-,30+,31+,32+,33+,34-/m1/s1. The molecule has 0 amide bonds. The van der Waals surface area contributed by atoms with Gasteiger partial charge in [0, 0.05) is 7.11 Å². The van der Waals surface area contributed by atoms with E-state index < -0.39 is 53.4 Å². The highest BCUT2D eigenvalue weighted by molar-refractivity contribution is 5.75. The maximum Gasteiger partial charge on any atom is 0.311 e. The lowest BCUT2D eigenvalue weighted by Crippen LogP contribution is -2.46. The molecule has 3 aromatic carbocycles. The molecule has 0 radical (unpaired) electrons. The third-order valence-corrected chi connectivity index (χ3v) is 8.55. The van der Waals surface area contributed by atoms with Crippen molar-refractivity contribution in [1.29, 1.82) is 0 Å². The quantitative estimate of drug-likeness (QED) is 0.144. The molecule has 2 aliphatic rings. The Balaban J connectivity index is 1.39. The minimum atomic E-state index is -1.07. The number of carbonyl (C=O) groups excluding carboxylic acids is 1. The number of benzene rings is 3. The fourth-order valence-electron chi connectivity index (χ4n) is 6.36. The van der Waals surface area contributed by atoms with Gasteiger partial charge in [-0.2, -0.15) is 0 Å². The molecule has 47 heavy (non-hydrogen) atoms. The highest BCUT2D eigenvalue weighted by atomic mass is 16.8. The van der Waals surface area contributed by atoms with Crippen molar-refractivity contribution in [2.45, 2.75) is 89.1 Å². The van der Waals surface area contributed by atoms with Crippen LogP contribution in [0.15, 0.2) is 91.0 Å². The number of aliphatic hydroxyl groups excluding tert-OH is 1. The van der Waals surface area contributed by atoms with Crippen LogP contribution in [0.1, 0.15) is 57.7 Å². The van der Waals surface area contributed by atoms with Crippen molar-refractivity contribution in [2.75, 3.05) is 27.1 Å². The van der Waals surface area contributed by atoms with E-state index in [2.05, 4.69) is 36.4 Å². The van der Waals surface area contributed by atoms with Crippen LogP contribution in [0.5, 0.6) is 0 Å². The van der Waals surface area contributed by atoms with Gasteiger partial charge in [0.2, 0.25) is 0 Å². The SMILES string of the molecule is COCO[C@@H]1[C@H](O)[C@H]([C@H]2OC(C)(C)O[C@H]2COC(=O)C(C)(C)C)O[C@@H]1CCOC(c1ccccc1)(c1ccccc1)c1ccccc1. The van der Waals surface area contributed by atoms with Crippen LogP contribution >= 0.6 is 0 Å². The van der Waals surface area contributed by atoms with Crippen molar-refractivity contribution in [3.63, 3.8) is 0 Å². The van der Waals surface area contributed by atoms with Crippen LogP contribution in [0.2, 0.25) is 0 Å². The molecule has 2 fully saturated rings. The number of rotatable bonds is 13. The van der Waals surface area contributed by atoms with Crippen LogP contribution in [-0.2, 0) is 43.6 Å². The first-order chi connectivity index (χ1) is 22.5. The Morgan fingerprint density at radius 2 is 1.34 bits per heavy atom. The summed E-state index contributed by atoms with van der Waals surface area (Å²) in [5.74, 6) is -1.33. The number of aliphatic hydroxyl groups is 1. The van der Waals surface area contributed by atoms with Gasteiger partial charge in [0.1, 0.15) is 49.5 Å². The van der Waals surface area contributed by atoms with Gasteiger partial charge in [-0.25, -0.2) is 0 Å². The summed E-state index contributed by atoms with van der Waals surface area (Å²) in [6.07, 6.45) is -4.15. The van der Waals surface area contributed by atoms with Crippen molar-refractivity contribution >= 4 is 5.97 Å². The lowest BCUT2D eigenvalue weighted by atomic mass is 9.80. The molecule has 2 saturated heterocycles. The zero-order chi connectivity index (χ0) is 33.7. The Hall–Kier alpha value is -3.15. The number of ether oxygens (including phenoxy) is 7. The van der Waals surface area contributed by atoms with Gasteiger partial charge in [0.05, 0.1) is 18.1 Å². The van der Waals surface area contributed by atoms with Crippen molar-refractivity contribution in [2.24, 2.45) is 5.41 Å². The highest BCUT2D eigenvalue weighted by Crippen LogP contribution is 2.42. The summed E-state index contributed by atoms with van der Waals surface area (Å²) in [6.45, 7) is 9.15. The van der Waals surface area contributed by atoms with Crippen LogP contribution < -0.4 is 0 Å². The summed E-state index contributed by atoms with van der Waals surface area (Å²) < 4.78 is 42.7. The molecule has 5 rings (SSSR count). The molecular formula is C38H48O9. The number of methoxy groups -OCH3 is 1. The molecule has 0 unspecified atom stereocenters. The molecule has 2 heterocycles. The zero-order valence-electron chi connectivity index (χ0n) is 28.2. The van der Waals surface area contributed by atoms with E-state index in [9.17, 15) is 9.90 Å².